The van der Waals surface area contributed by atoms with E-state index in [9.17, 15) is 22.4 Å². The first-order valence-corrected chi connectivity index (χ1v) is 7.23. The van der Waals surface area contributed by atoms with Gasteiger partial charge < -0.3 is 10.6 Å². The van der Waals surface area contributed by atoms with Crippen LogP contribution in [0.3, 0.4) is 0 Å². The van der Waals surface area contributed by atoms with E-state index in [0.717, 1.165) is 30.6 Å². The Hall–Kier alpha value is -3.49. The van der Waals surface area contributed by atoms with Crippen molar-refractivity contribution in [3.8, 4) is 0 Å². The normalized spacial score (nSPS) is 10.5. The highest BCUT2D eigenvalue weighted by Gasteiger charge is 2.12. The van der Waals surface area contributed by atoms with Crippen LogP contribution in [-0.4, -0.2) is 15.9 Å². The summed E-state index contributed by atoms with van der Waals surface area (Å²) in [5.74, 6) is -3.90. The van der Waals surface area contributed by atoms with E-state index in [2.05, 4.69) is 20.6 Å². The molecule has 2 aromatic carbocycles. The maximum absolute atomic E-state index is 13.6. The molecule has 0 atom stereocenters. The summed E-state index contributed by atoms with van der Waals surface area (Å²) in [6, 6.07) is 5.65. The Morgan fingerprint density at radius 1 is 0.808 bits per heavy atom. The molecule has 132 valence electrons. The van der Waals surface area contributed by atoms with Crippen LogP contribution in [0.4, 0.5) is 34.8 Å². The number of benzene rings is 2. The molecule has 0 radical (unpaired) electrons. The number of amides is 1. The predicted molar refractivity (Wildman–Crippen MR) is 86.0 cm³/mol. The minimum Gasteiger partial charge on any atom is -0.337 e. The molecule has 1 heterocycles. The summed E-state index contributed by atoms with van der Waals surface area (Å²) in [7, 11) is 0. The molecule has 0 saturated carbocycles. The number of hydrogen-bond donors (Lipinski definition) is 2. The standard InChI is InChI=1S/C17H10F4N4O/c18-9-1-3-13(11(20)5-9)24-16-8-22-15(7-23-16)17(26)25-14-4-2-10(19)6-12(14)21/h1-8H,(H,23,24)(H,25,26). The lowest BCUT2D eigenvalue weighted by Crippen LogP contribution is -2.15. The van der Waals surface area contributed by atoms with Crippen LogP contribution in [-0.2, 0) is 0 Å². The third-order valence-electron chi connectivity index (χ3n) is 3.26. The van der Waals surface area contributed by atoms with E-state index in [0.29, 0.717) is 12.1 Å². The zero-order chi connectivity index (χ0) is 18.7. The van der Waals surface area contributed by atoms with Crippen molar-refractivity contribution in [1.29, 1.82) is 0 Å². The van der Waals surface area contributed by atoms with Gasteiger partial charge in [-0.2, -0.15) is 0 Å². The first kappa shape index (κ1) is 17.3. The Morgan fingerprint density at radius 2 is 1.42 bits per heavy atom. The van der Waals surface area contributed by atoms with Gasteiger partial charge in [-0.1, -0.05) is 0 Å². The Kier molecular flexibility index (Phi) is 4.78. The van der Waals surface area contributed by atoms with Crippen LogP contribution < -0.4 is 10.6 Å². The van der Waals surface area contributed by atoms with E-state index in [1.807, 2.05) is 0 Å². The van der Waals surface area contributed by atoms with Crippen LogP contribution in [0, 0.1) is 23.3 Å². The molecule has 9 heteroatoms. The van der Waals surface area contributed by atoms with E-state index < -0.39 is 29.2 Å². The average Bonchev–Trinajstić information content (AvgIpc) is 2.60. The van der Waals surface area contributed by atoms with Crippen LogP contribution in [0.5, 0.6) is 0 Å². The van der Waals surface area contributed by atoms with Crippen LogP contribution in [0.25, 0.3) is 0 Å². The van der Waals surface area contributed by atoms with Crippen molar-refractivity contribution in [3.05, 3.63) is 77.8 Å². The number of halogens is 4. The number of nitrogens with one attached hydrogen (secondary N) is 2. The third kappa shape index (κ3) is 3.94. The molecule has 0 saturated heterocycles. The maximum Gasteiger partial charge on any atom is 0.275 e. The van der Waals surface area contributed by atoms with Gasteiger partial charge in [0.05, 0.1) is 23.8 Å². The molecule has 1 amide bonds. The summed E-state index contributed by atoms with van der Waals surface area (Å²) >= 11 is 0. The zero-order valence-electron chi connectivity index (χ0n) is 12.9. The molecule has 26 heavy (non-hydrogen) atoms. The number of carbonyl (C=O) groups excluding carboxylic acids is 1. The second-order valence-electron chi connectivity index (χ2n) is 5.11. The van der Waals surface area contributed by atoms with Gasteiger partial charge in [0.1, 0.15) is 34.8 Å². The Morgan fingerprint density at radius 3 is 1.96 bits per heavy atom. The lowest BCUT2D eigenvalue weighted by Gasteiger charge is -2.08. The van der Waals surface area contributed by atoms with E-state index >= 15 is 0 Å². The number of hydrogen-bond acceptors (Lipinski definition) is 4. The van der Waals surface area contributed by atoms with Gasteiger partial charge in [0.25, 0.3) is 5.91 Å². The molecule has 0 unspecified atom stereocenters. The molecular formula is C17H10F4N4O. The topological polar surface area (TPSA) is 66.9 Å². The zero-order valence-corrected chi connectivity index (χ0v) is 12.9. The van der Waals surface area contributed by atoms with Crippen molar-refractivity contribution >= 4 is 23.1 Å². The summed E-state index contributed by atoms with van der Waals surface area (Å²) in [5, 5.41) is 4.81. The number of carbonyl (C=O) groups is 1. The Labute approximate surface area is 144 Å². The van der Waals surface area contributed by atoms with Gasteiger partial charge in [0, 0.05) is 12.1 Å². The van der Waals surface area contributed by atoms with Crippen LogP contribution >= 0.6 is 0 Å². The van der Waals surface area contributed by atoms with Gasteiger partial charge >= 0.3 is 0 Å². The van der Waals surface area contributed by atoms with Crippen molar-refractivity contribution in [2.45, 2.75) is 0 Å². The van der Waals surface area contributed by atoms with Crippen molar-refractivity contribution in [2.75, 3.05) is 10.6 Å². The summed E-state index contributed by atoms with van der Waals surface area (Å²) in [4.78, 5) is 19.7. The molecule has 3 rings (SSSR count). The second-order valence-corrected chi connectivity index (χ2v) is 5.11. The number of nitrogens with zero attached hydrogens (tertiary/aromatic N) is 2. The molecule has 5 nitrogen and oxygen atoms in total. The van der Waals surface area contributed by atoms with Crippen molar-refractivity contribution < 1.29 is 22.4 Å². The van der Waals surface area contributed by atoms with Crippen LogP contribution in [0.1, 0.15) is 10.5 Å². The molecule has 0 bridgehead atoms. The minimum atomic E-state index is -0.934. The van der Waals surface area contributed by atoms with E-state index in [-0.39, 0.29) is 22.9 Å². The van der Waals surface area contributed by atoms with E-state index in [1.54, 1.807) is 0 Å². The van der Waals surface area contributed by atoms with Crippen molar-refractivity contribution in [2.24, 2.45) is 0 Å². The average molecular weight is 362 g/mol. The monoisotopic (exact) mass is 362 g/mol. The smallest absolute Gasteiger partial charge is 0.275 e. The third-order valence-corrected chi connectivity index (χ3v) is 3.26. The fourth-order valence-corrected chi connectivity index (χ4v) is 2.02. The summed E-state index contributed by atoms with van der Waals surface area (Å²) < 4.78 is 52.8. The fourth-order valence-electron chi connectivity index (χ4n) is 2.02. The number of anilines is 3. The SMILES string of the molecule is O=C(Nc1ccc(F)cc1F)c1cnc(Nc2ccc(F)cc2F)cn1. The van der Waals surface area contributed by atoms with Gasteiger partial charge in [-0.3, -0.25) is 4.79 Å². The summed E-state index contributed by atoms with van der Waals surface area (Å²) in [6.07, 6.45) is 2.24. The maximum atomic E-state index is 13.6. The highest BCUT2D eigenvalue weighted by molar-refractivity contribution is 6.02. The van der Waals surface area contributed by atoms with Crippen molar-refractivity contribution in [3.63, 3.8) is 0 Å². The molecule has 0 aliphatic rings. The Bertz CT molecular complexity index is 963. The molecule has 0 fully saturated rings. The van der Waals surface area contributed by atoms with Crippen molar-refractivity contribution in [1.82, 2.24) is 9.97 Å². The quantitative estimate of drug-likeness (QED) is 0.688. The van der Waals surface area contributed by atoms with Gasteiger partial charge in [-0.25, -0.2) is 27.5 Å². The molecule has 0 aliphatic heterocycles. The highest BCUT2D eigenvalue weighted by atomic mass is 19.1. The van der Waals surface area contributed by atoms with Crippen LogP contribution in [0.2, 0.25) is 0 Å². The van der Waals surface area contributed by atoms with Gasteiger partial charge in [-0.15, -0.1) is 0 Å². The Balaban J connectivity index is 1.71. The molecule has 1 aromatic heterocycles. The number of rotatable bonds is 4. The van der Waals surface area contributed by atoms with E-state index in [1.165, 1.54) is 6.07 Å². The largest absolute Gasteiger partial charge is 0.337 e. The first-order chi connectivity index (χ1) is 12.4. The fraction of sp³-hybridized carbons (Fsp3) is 0. The molecule has 0 aliphatic carbocycles. The van der Waals surface area contributed by atoms with Gasteiger partial charge in [0.2, 0.25) is 0 Å². The highest BCUT2D eigenvalue weighted by Crippen LogP contribution is 2.19. The second kappa shape index (κ2) is 7.18. The predicted octanol–water partition coefficient (Wildman–Crippen LogP) is 4.03. The van der Waals surface area contributed by atoms with Crippen LogP contribution in [0.15, 0.2) is 48.8 Å². The summed E-state index contributed by atoms with van der Waals surface area (Å²) in [5.41, 5.74) is -0.376. The number of aromatic nitrogens is 2. The summed E-state index contributed by atoms with van der Waals surface area (Å²) in [6.45, 7) is 0. The van der Waals surface area contributed by atoms with Gasteiger partial charge in [-0.05, 0) is 24.3 Å². The minimum absolute atomic E-state index is 0.0220. The molecule has 0 spiro atoms. The molecule has 3 aromatic rings. The first-order valence-electron chi connectivity index (χ1n) is 7.23. The molecule has 2 N–H and O–H groups in total. The van der Waals surface area contributed by atoms with E-state index in [4.69, 9.17) is 0 Å². The van der Waals surface area contributed by atoms with Gasteiger partial charge in [0.15, 0.2) is 0 Å². The lowest BCUT2D eigenvalue weighted by atomic mass is 10.3. The molecular weight excluding hydrogens is 352 g/mol. The lowest BCUT2D eigenvalue weighted by molar-refractivity contribution is 0.102.